The van der Waals surface area contributed by atoms with Gasteiger partial charge in [-0.3, -0.25) is 0 Å². The van der Waals surface area contributed by atoms with Gasteiger partial charge in [0, 0.05) is 45.1 Å². The molecule has 1 aliphatic heterocycles. The van der Waals surface area contributed by atoms with Crippen molar-refractivity contribution < 1.29 is 4.74 Å². The van der Waals surface area contributed by atoms with Crippen LogP contribution >= 0.6 is 0 Å². The van der Waals surface area contributed by atoms with Crippen molar-refractivity contribution in [1.29, 1.82) is 0 Å². The normalized spacial score (nSPS) is 15.0. The largest absolute Gasteiger partial charge is 0.378 e. The summed E-state index contributed by atoms with van der Waals surface area (Å²) in [5.41, 5.74) is 5.91. The van der Waals surface area contributed by atoms with Gasteiger partial charge in [-0.15, -0.1) is 0 Å². The second-order valence-electron chi connectivity index (χ2n) is 5.53. The Morgan fingerprint density at radius 2 is 2.09 bits per heavy atom. The smallest absolute Gasteiger partial charge is 0.223 e. The van der Waals surface area contributed by atoms with Crippen LogP contribution in [0.3, 0.4) is 0 Å². The van der Waals surface area contributed by atoms with E-state index in [4.69, 9.17) is 10.5 Å². The summed E-state index contributed by atoms with van der Waals surface area (Å²) in [6.07, 6.45) is 3.80. The van der Waals surface area contributed by atoms with Crippen LogP contribution in [0.25, 0.3) is 0 Å². The van der Waals surface area contributed by atoms with Gasteiger partial charge in [0.2, 0.25) is 5.95 Å². The van der Waals surface area contributed by atoms with Crippen LogP contribution in [-0.2, 0) is 17.8 Å². The molecule has 3 rings (SSSR count). The van der Waals surface area contributed by atoms with E-state index in [-0.39, 0.29) is 5.95 Å². The predicted octanol–water partition coefficient (Wildman–Crippen LogP) is 0.748. The Balaban J connectivity index is 1.79. The van der Waals surface area contributed by atoms with Crippen LogP contribution < -0.4 is 15.5 Å². The van der Waals surface area contributed by atoms with Crippen molar-refractivity contribution in [3.63, 3.8) is 0 Å². The molecular formula is C15H23N7O. The molecule has 0 atom stereocenters. The van der Waals surface area contributed by atoms with Gasteiger partial charge < -0.3 is 24.8 Å². The zero-order valence-electron chi connectivity index (χ0n) is 13.6. The standard InChI is InChI=1S/C15H23N7O/c1-3-21-5-4-17-14(21)11-20(2)12-10-13(19-15(16)18-12)22-6-8-23-9-7-22/h4-5,10H,3,6-9,11H2,1-2H3,(H2,16,18,19). The highest BCUT2D eigenvalue weighted by Crippen LogP contribution is 2.21. The molecule has 1 aliphatic rings. The van der Waals surface area contributed by atoms with E-state index in [1.807, 2.05) is 30.4 Å². The van der Waals surface area contributed by atoms with E-state index in [0.717, 1.165) is 37.1 Å². The summed E-state index contributed by atoms with van der Waals surface area (Å²) in [4.78, 5) is 17.3. The second-order valence-corrected chi connectivity index (χ2v) is 5.53. The third kappa shape index (κ3) is 3.53. The van der Waals surface area contributed by atoms with E-state index < -0.39 is 0 Å². The Kier molecular flexibility index (Phi) is 4.61. The number of nitrogens with zero attached hydrogens (tertiary/aromatic N) is 6. The van der Waals surface area contributed by atoms with Crippen LogP contribution in [0.2, 0.25) is 0 Å². The molecule has 0 saturated carbocycles. The molecule has 0 amide bonds. The first-order valence-electron chi connectivity index (χ1n) is 7.85. The Bertz CT molecular complexity index is 651. The quantitative estimate of drug-likeness (QED) is 0.871. The minimum Gasteiger partial charge on any atom is -0.378 e. The Hall–Kier alpha value is -2.35. The number of ether oxygens (including phenoxy) is 1. The molecule has 0 unspecified atom stereocenters. The molecule has 8 nitrogen and oxygen atoms in total. The third-order valence-electron chi connectivity index (χ3n) is 3.96. The molecule has 2 aromatic rings. The van der Waals surface area contributed by atoms with Crippen molar-refractivity contribution in [2.45, 2.75) is 20.0 Å². The molecule has 0 aromatic carbocycles. The fourth-order valence-electron chi connectivity index (χ4n) is 2.66. The van der Waals surface area contributed by atoms with Crippen molar-refractivity contribution in [2.75, 3.05) is 48.9 Å². The van der Waals surface area contributed by atoms with Crippen molar-refractivity contribution >= 4 is 17.6 Å². The lowest BCUT2D eigenvalue weighted by Crippen LogP contribution is -2.37. The first-order valence-corrected chi connectivity index (χ1v) is 7.85. The molecule has 1 saturated heterocycles. The molecule has 0 radical (unpaired) electrons. The molecule has 0 bridgehead atoms. The lowest BCUT2D eigenvalue weighted by atomic mass is 10.3. The zero-order chi connectivity index (χ0) is 16.2. The van der Waals surface area contributed by atoms with Gasteiger partial charge in [0.25, 0.3) is 0 Å². The number of nitrogen functional groups attached to an aromatic ring is 1. The third-order valence-corrected chi connectivity index (χ3v) is 3.96. The van der Waals surface area contributed by atoms with Gasteiger partial charge >= 0.3 is 0 Å². The molecule has 8 heteroatoms. The number of hydrogen-bond acceptors (Lipinski definition) is 7. The molecule has 2 aromatic heterocycles. The highest BCUT2D eigenvalue weighted by Gasteiger charge is 2.16. The van der Waals surface area contributed by atoms with Gasteiger partial charge in [0.1, 0.15) is 17.5 Å². The molecule has 3 heterocycles. The molecule has 0 spiro atoms. The summed E-state index contributed by atoms with van der Waals surface area (Å²) >= 11 is 0. The van der Waals surface area contributed by atoms with E-state index in [2.05, 4.69) is 31.3 Å². The van der Waals surface area contributed by atoms with Crippen LogP contribution in [0, 0.1) is 0 Å². The fourth-order valence-corrected chi connectivity index (χ4v) is 2.66. The molecular weight excluding hydrogens is 294 g/mol. The van der Waals surface area contributed by atoms with E-state index in [1.165, 1.54) is 0 Å². The summed E-state index contributed by atoms with van der Waals surface area (Å²) in [6, 6.07) is 1.97. The minimum atomic E-state index is 0.287. The first-order chi connectivity index (χ1) is 11.2. The number of imidazole rings is 1. The number of nitrogens with two attached hydrogens (primary N) is 1. The number of aryl methyl sites for hydroxylation is 1. The van der Waals surface area contributed by atoms with Crippen LogP contribution in [-0.4, -0.2) is 52.9 Å². The molecule has 0 aliphatic carbocycles. The van der Waals surface area contributed by atoms with Gasteiger partial charge in [-0.05, 0) is 6.92 Å². The van der Waals surface area contributed by atoms with E-state index in [9.17, 15) is 0 Å². The molecule has 1 fully saturated rings. The van der Waals surface area contributed by atoms with Gasteiger partial charge in [0.05, 0.1) is 19.8 Å². The van der Waals surface area contributed by atoms with Crippen molar-refractivity contribution in [1.82, 2.24) is 19.5 Å². The van der Waals surface area contributed by atoms with E-state index >= 15 is 0 Å². The maximum absolute atomic E-state index is 5.91. The number of hydrogen-bond donors (Lipinski definition) is 1. The highest BCUT2D eigenvalue weighted by atomic mass is 16.5. The maximum atomic E-state index is 5.91. The monoisotopic (exact) mass is 317 g/mol. The van der Waals surface area contributed by atoms with Gasteiger partial charge in [0.15, 0.2) is 0 Å². The zero-order valence-corrected chi connectivity index (χ0v) is 13.6. The minimum absolute atomic E-state index is 0.287. The van der Waals surface area contributed by atoms with Gasteiger partial charge in [-0.2, -0.15) is 9.97 Å². The topological polar surface area (TPSA) is 85.3 Å². The Morgan fingerprint density at radius 3 is 2.83 bits per heavy atom. The summed E-state index contributed by atoms with van der Waals surface area (Å²) in [5.74, 6) is 2.93. The number of rotatable bonds is 5. The predicted molar refractivity (Wildman–Crippen MR) is 89.5 cm³/mol. The van der Waals surface area contributed by atoms with Gasteiger partial charge in [-0.1, -0.05) is 0 Å². The van der Waals surface area contributed by atoms with Crippen LogP contribution in [0.1, 0.15) is 12.7 Å². The number of aromatic nitrogens is 4. The van der Waals surface area contributed by atoms with E-state index in [1.54, 1.807) is 0 Å². The Labute approximate surface area is 135 Å². The van der Waals surface area contributed by atoms with Gasteiger partial charge in [-0.25, -0.2) is 4.98 Å². The van der Waals surface area contributed by atoms with E-state index in [0.29, 0.717) is 19.8 Å². The number of anilines is 3. The first kappa shape index (κ1) is 15.5. The highest BCUT2D eigenvalue weighted by molar-refractivity contribution is 5.53. The average molecular weight is 317 g/mol. The second kappa shape index (κ2) is 6.82. The average Bonchev–Trinajstić information content (AvgIpc) is 3.02. The summed E-state index contributed by atoms with van der Waals surface area (Å²) in [7, 11) is 1.99. The molecule has 23 heavy (non-hydrogen) atoms. The fraction of sp³-hybridized carbons (Fsp3) is 0.533. The maximum Gasteiger partial charge on any atom is 0.223 e. The number of morpholine rings is 1. The van der Waals surface area contributed by atoms with Crippen LogP contribution in [0.15, 0.2) is 18.5 Å². The summed E-state index contributed by atoms with van der Waals surface area (Å²) in [6.45, 7) is 6.73. The van der Waals surface area contributed by atoms with Crippen molar-refractivity contribution in [3.8, 4) is 0 Å². The van der Waals surface area contributed by atoms with Crippen molar-refractivity contribution in [2.24, 2.45) is 0 Å². The summed E-state index contributed by atoms with van der Waals surface area (Å²) in [5, 5.41) is 0. The SMILES string of the molecule is CCn1ccnc1CN(C)c1cc(N2CCOCC2)nc(N)n1. The molecule has 2 N–H and O–H groups in total. The lowest BCUT2D eigenvalue weighted by Gasteiger charge is -2.28. The lowest BCUT2D eigenvalue weighted by molar-refractivity contribution is 0.122. The van der Waals surface area contributed by atoms with Crippen LogP contribution in [0.5, 0.6) is 0 Å². The van der Waals surface area contributed by atoms with Crippen molar-refractivity contribution in [3.05, 3.63) is 24.3 Å². The Morgan fingerprint density at radius 1 is 1.30 bits per heavy atom. The molecule has 124 valence electrons. The van der Waals surface area contributed by atoms with Crippen LogP contribution in [0.4, 0.5) is 17.6 Å². The summed E-state index contributed by atoms with van der Waals surface area (Å²) < 4.78 is 7.50.